The van der Waals surface area contributed by atoms with Gasteiger partial charge in [-0.15, -0.1) is 11.6 Å². The third kappa shape index (κ3) is 1.84. The van der Waals surface area contributed by atoms with Gasteiger partial charge in [0, 0.05) is 0 Å². The number of halogens is 1. The molecule has 102 valence electrons. The molecule has 3 heterocycles. The van der Waals surface area contributed by atoms with Crippen molar-refractivity contribution in [3.05, 3.63) is 12.7 Å². The molecule has 0 amide bonds. The molecule has 0 radical (unpaired) electrons. The Labute approximate surface area is 112 Å². The minimum absolute atomic E-state index is 0.0818. The Kier molecular flexibility index (Phi) is 3.02. The molecule has 1 aliphatic heterocycles. The lowest BCUT2D eigenvalue weighted by Crippen LogP contribution is -2.32. The summed E-state index contributed by atoms with van der Waals surface area (Å²) >= 11 is 5.67. The first-order valence-corrected chi connectivity index (χ1v) is 6.17. The third-order valence-corrected chi connectivity index (χ3v) is 3.45. The number of nitrogen functional groups attached to an aromatic ring is 1. The van der Waals surface area contributed by atoms with E-state index in [1.807, 2.05) is 0 Å². The number of hydrogen-bond donors (Lipinski definition) is 3. The molecular weight excluding hydrogens is 274 g/mol. The van der Waals surface area contributed by atoms with Gasteiger partial charge in [-0.1, -0.05) is 0 Å². The standard InChI is InChI=1S/C10H12ClN5O3/c11-1-4-6(17)7(18)10(19-4)16-3-15-5-8(12)13-2-14-9(5)16/h2-4,6-7,10,17-18H,1H2,(H2,12,13,14)/t4-,6?,7?,10-/m0/s1. The molecule has 2 aromatic heterocycles. The van der Waals surface area contributed by atoms with Gasteiger partial charge >= 0.3 is 0 Å². The Balaban J connectivity index is 2.04. The van der Waals surface area contributed by atoms with Crippen LogP contribution < -0.4 is 5.73 Å². The van der Waals surface area contributed by atoms with E-state index in [4.69, 9.17) is 22.1 Å². The van der Waals surface area contributed by atoms with Crippen molar-refractivity contribution in [2.45, 2.75) is 24.5 Å². The first-order chi connectivity index (χ1) is 9.13. The Morgan fingerprint density at radius 3 is 2.79 bits per heavy atom. The van der Waals surface area contributed by atoms with E-state index in [2.05, 4.69) is 15.0 Å². The van der Waals surface area contributed by atoms with E-state index in [1.54, 1.807) is 0 Å². The van der Waals surface area contributed by atoms with Crippen LogP contribution in [0.4, 0.5) is 5.82 Å². The number of imidazole rings is 1. The van der Waals surface area contributed by atoms with Crippen molar-refractivity contribution in [1.82, 2.24) is 19.5 Å². The van der Waals surface area contributed by atoms with Crippen LogP contribution in [-0.4, -0.2) is 53.9 Å². The molecule has 8 nitrogen and oxygen atoms in total. The molecule has 19 heavy (non-hydrogen) atoms. The van der Waals surface area contributed by atoms with Crippen LogP contribution in [0.15, 0.2) is 12.7 Å². The van der Waals surface area contributed by atoms with Crippen LogP contribution in [0.2, 0.25) is 0 Å². The fraction of sp³-hybridized carbons (Fsp3) is 0.500. The monoisotopic (exact) mass is 285 g/mol. The average Bonchev–Trinajstić information content (AvgIpc) is 2.94. The highest BCUT2D eigenvalue weighted by Gasteiger charge is 2.43. The molecule has 1 aliphatic rings. The van der Waals surface area contributed by atoms with E-state index < -0.39 is 24.5 Å². The minimum atomic E-state index is -1.11. The van der Waals surface area contributed by atoms with E-state index in [-0.39, 0.29) is 11.7 Å². The number of alkyl halides is 1. The van der Waals surface area contributed by atoms with Crippen molar-refractivity contribution >= 4 is 28.6 Å². The number of rotatable bonds is 2. The Bertz CT molecular complexity index is 606. The lowest BCUT2D eigenvalue weighted by atomic mass is 10.1. The number of ether oxygens (including phenoxy) is 1. The number of anilines is 1. The zero-order valence-electron chi connectivity index (χ0n) is 9.72. The van der Waals surface area contributed by atoms with Crippen LogP contribution in [0.25, 0.3) is 11.2 Å². The fourth-order valence-electron chi connectivity index (χ4n) is 2.14. The zero-order valence-corrected chi connectivity index (χ0v) is 10.5. The highest BCUT2D eigenvalue weighted by Crippen LogP contribution is 2.32. The molecule has 9 heteroatoms. The van der Waals surface area contributed by atoms with Gasteiger partial charge in [0.1, 0.15) is 30.2 Å². The second kappa shape index (κ2) is 4.57. The Morgan fingerprint density at radius 1 is 1.32 bits per heavy atom. The number of aliphatic hydroxyl groups is 2. The number of nitrogens with zero attached hydrogens (tertiary/aromatic N) is 4. The van der Waals surface area contributed by atoms with E-state index in [9.17, 15) is 10.2 Å². The highest BCUT2D eigenvalue weighted by molar-refractivity contribution is 6.18. The first kappa shape index (κ1) is 12.5. The lowest BCUT2D eigenvalue weighted by Gasteiger charge is -2.16. The van der Waals surface area contributed by atoms with Gasteiger partial charge in [-0.05, 0) is 0 Å². The van der Waals surface area contributed by atoms with E-state index >= 15 is 0 Å². The van der Waals surface area contributed by atoms with E-state index in [1.165, 1.54) is 17.2 Å². The quantitative estimate of drug-likeness (QED) is 0.622. The van der Waals surface area contributed by atoms with Gasteiger partial charge in [0.25, 0.3) is 0 Å². The summed E-state index contributed by atoms with van der Waals surface area (Å²) in [5.41, 5.74) is 6.53. The molecule has 0 spiro atoms. The largest absolute Gasteiger partial charge is 0.387 e. The summed E-state index contributed by atoms with van der Waals surface area (Å²) in [6.45, 7) is 0. The molecule has 0 aromatic carbocycles. The minimum Gasteiger partial charge on any atom is -0.387 e. The topological polar surface area (TPSA) is 119 Å². The predicted octanol–water partition coefficient (Wildman–Crippen LogP) is -0.734. The van der Waals surface area contributed by atoms with Crippen LogP contribution in [0.1, 0.15) is 6.23 Å². The van der Waals surface area contributed by atoms with E-state index in [0.717, 1.165) is 0 Å². The first-order valence-electron chi connectivity index (χ1n) is 5.64. The number of hydrogen-bond acceptors (Lipinski definition) is 7. The van der Waals surface area contributed by atoms with Crippen LogP contribution in [0, 0.1) is 0 Å². The normalized spacial score (nSPS) is 31.1. The van der Waals surface area contributed by atoms with Gasteiger partial charge in [0.05, 0.1) is 12.2 Å². The number of nitrogens with two attached hydrogens (primary N) is 1. The summed E-state index contributed by atoms with van der Waals surface area (Å²) in [5, 5.41) is 19.8. The SMILES string of the molecule is Nc1ncnc2c1ncn2[C@H]1O[C@@H](CCl)C(O)C1O. The average molecular weight is 286 g/mol. The molecule has 4 N–H and O–H groups in total. The summed E-state index contributed by atoms with van der Waals surface area (Å²) in [6, 6.07) is 0. The summed E-state index contributed by atoms with van der Waals surface area (Å²) in [7, 11) is 0. The molecule has 1 fully saturated rings. The Hall–Kier alpha value is -1.48. The van der Waals surface area contributed by atoms with Crippen molar-refractivity contribution in [2.24, 2.45) is 0 Å². The number of aliphatic hydroxyl groups excluding tert-OH is 2. The molecular formula is C10H12ClN5O3. The summed E-state index contributed by atoms with van der Waals surface area (Å²) < 4.78 is 7.03. The maximum absolute atomic E-state index is 10.0. The lowest BCUT2D eigenvalue weighted by molar-refractivity contribution is -0.0291. The highest BCUT2D eigenvalue weighted by atomic mass is 35.5. The summed E-state index contributed by atoms with van der Waals surface area (Å²) in [5.74, 6) is 0.323. The maximum atomic E-state index is 10.0. The van der Waals surface area contributed by atoms with Crippen molar-refractivity contribution in [2.75, 3.05) is 11.6 Å². The van der Waals surface area contributed by atoms with Gasteiger partial charge in [-0.3, -0.25) is 4.57 Å². The molecule has 0 aliphatic carbocycles. The fourth-order valence-corrected chi connectivity index (χ4v) is 2.40. The van der Waals surface area contributed by atoms with Gasteiger partial charge in [-0.2, -0.15) is 0 Å². The Morgan fingerprint density at radius 2 is 2.11 bits per heavy atom. The van der Waals surface area contributed by atoms with Gasteiger partial charge in [0.2, 0.25) is 0 Å². The smallest absolute Gasteiger partial charge is 0.167 e. The number of aromatic nitrogens is 4. The number of fused-ring (bicyclic) bond motifs is 1. The maximum Gasteiger partial charge on any atom is 0.167 e. The van der Waals surface area contributed by atoms with Crippen molar-refractivity contribution in [3.63, 3.8) is 0 Å². The molecule has 2 unspecified atom stereocenters. The van der Waals surface area contributed by atoms with Crippen LogP contribution in [-0.2, 0) is 4.74 Å². The van der Waals surface area contributed by atoms with Gasteiger partial charge in [-0.25, -0.2) is 15.0 Å². The third-order valence-electron chi connectivity index (χ3n) is 3.15. The van der Waals surface area contributed by atoms with Gasteiger partial charge in [0.15, 0.2) is 17.7 Å². The predicted molar refractivity (Wildman–Crippen MR) is 66.4 cm³/mol. The van der Waals surface area contributed by atoms with Gasteiger partial charge < -0.3 is 20.7 Å². The second-order valence-corrected chi connectivity index (χ2v) is 4.59. The molecule has 2 aromatic rings. The summed E-state index contributed by atoms with van der Waals surface area (Å²) in [4.78, 5) is 12.0. The van der Waals surface area contributed by atoms with Crippen molar-refractivity contribution in [3.8, 4) is 0 Å². The zero-order chi connectivity index (χ0) is 13.6. The van der Waals surface area contributed by atoms with Crippen molar-refractivity contribution < 1.29 is 14.9 Å². The molecule has 0 saturated carbocycles. The summed E-state index contributed by atoms with van der Waals surface area (Å²) in [6.07, 6.45) is -0.882. The van der Waals surface area contributed by atoms with Crippen molar-refractivity contribution in [1.29, 1.82) is 0 Å². The molecule has 4 atom stereocenters. The van der Waals surface area contributed by atoms with Crippen LogP contribution in [0.5, 0.6) is 0 Å². The van der Waals surface area contributed by atoms with E-state index in [0.29, 0.717) is 11.2 Å². The van der Waals surface area contributed by atoms with Crippen LogP contribution >= 0.6 is 11.6 Å². The molecule has 0 bridgehead atoms. The van der Waals surface area contributed by atoms with Crippen LogP contribution in [0.3, 0.4) is 0 Å². The second-order valence-electron chi connectivity index (χ2n) is 4.28. The molecule has 1 saturated heterocycles. The molecule has 3 rings (SSSR count).